The zero-order chi connectivity index (χ0) is 24.2. The van der Waals surface area contributed by atoms with E-state index in [1.54, 1.807) is 9.47 Å². The Hall–Kier alpha value is -4.13. The number of anilines is 1. The van der Waals surface area contributed by atoms with Gasteiger partial charge in [0.15, 0.2) is 5.82 Å². The monoisotopic (exact) mass is 467 g/mol. The highest BCUT2D eigenvalue weighted by Crippen LogP contribution is 2.18. The summed E-state index contributed by atoms with van der Waals surface area (Å²) in [4.78, 5) is 34.8. The van der Waals surface area contributed by atoms with Gasteiger partial charge in [-0.1, -0.05) is 72.3 Å². The first-order valence-corrected chi connectivity index (χ1v) is 12.0. The van der Waals surface area contributed by atoms with Gasteiger partial charge in [0.2, 0.25) is 0 Å². The van der Waals surface area contributed by atoms with Crippen molar-refractivity contribution in [2.24, 2.45) is 0 Å². The number of fused-ring (bicyclic) bond motifs is 1. The van der Waals surface area contributed by atoms with Crippen molar-refractivity contribution in [2.45, 2.75) is 20.0 Å². The minimum absolute atomic E-state index is 0.0863. The van der Waals surface area contributed by atoms with Crippen molar-refractivity contribution in [3.63, 3.8) is 0 Å². The van der Waals surface area contributed by atoms with Crippen LogP contribution in [0.15, 0.2) is 83.7 Å². The Morgan fingerprint density at radius 3 is 2.29 bits per heavy atom. The van der Waals surface area contributed by atoms with E-state index in [9.17, 15) is 9.59 Å². The first-order valence-electron chi connectivity index (χ1n) is 12.0. The Morgan fingerprint density at radius 2 is 1.54 bits per heavy atom. The summed E-state index contributed by atoms with van der Waals surface area (Å²) in [7, 11) is 0. The van der Waals surface area contributed by atoms with Crippen LogP contribution in [-0.4, -0.2) is 46.7 Å². The molecule has 2 heterocycles. The molecule has 0 aliphatic carbocycles. The first-order chi connectivity index (χ1) is 17.1. The van der Waals surface area contributed by atoms with Crippen LogP contribution in [0.3, 0.4) is 0 Å². The van der Waals surface area contributed by atoms with Crippen molar-refractivity contribution < 1.29 is 4.79 Å². The summed E-state index contributed by atoms with van der Waals surface area (Å²) in [6.45, 7) is 5.22. The summed E-state index contributed by atoms with van der Waals surface area (Å²) >= 11 is 0. The zero-order valence-corrected chi connectivity index (χ0v) is 19.9. The third kappa shape index (κ3) is 5.04. The summed E-state index contributed by atoms with van der Waals surface area (Å²) < 4.78 is 1.81. The predicted molar refractivity (Wildman–Crippen MR) is 139 cm³/mol. The number of urea groups is 1. The smallest absolute Gasteiger partial charge is 0.317 e. The van der Waals surface area contributed by atoms with Crippen LogP contribution in [0, 0.1) is 6.92 Å². The Kier molecular flexibility index (Phi) is 6.48. The van der Waals surface area contributed by atoms with E-state index in [2.05, 4.69) is 36.5 Å². The molecule has 0 unspecified atom stereocenters. The molecular formula is C28H29N5O2. The molecule has 7 nitrogen and oxygen atoms in total. The maximum absolute atomic E-state index is 13.6. The highest BCUT2D eigenvalue weighted by Gasteiger charge is 2.24. The van der Waals surface area contributed by atoms with Gasteiger partial charge in [0.05, 0.1) is 17.6 Å². The molecule has 0 spiro atoms. The van der Waals surface area contributed by atoms with Crippen molar-refractivity contribution in [2.75, 3.05) is 31.1 Å². The van der Waals surface area contributed by atoms with Crippen LogP contribution in [-0.2, 0) is 13.1 Å². The number of carbonyl (C=O) groups is 1. The number of rotatable bonds is 5. The Labute approximate surface area is 204 Å². The molecule has 7 heteroatoms. The van der Waals surface area contributed by atoms with Crippen LogP contribution in [0.25, 0.3) is 11.0 Å². The SMILES string of the molecule is Cc1ccc(Cn2c(=O)c(N3CCN(C(=O)NCc4ccccc4)CC3)nc3ccccc32)cc1. The molecule has 4 aromatic rings. The molecule has 1 N–H and O–H groups in total. The molecular weight excluding hydrogens is 438 g/mol. The lowest BCUT2D eigenvalue weighted by molar-refractivity contribution is 0.193. The zero-order valence-electron chi connectivity index (χ0n) is 19.9. The molecule has 1 aliphatic heterocycles. The Bertz CT molecular complexity index is 1370. The highest BCUT2D eigenvalue weighted by atomic mass is 16.2. The lowest BCUT2D eigenvalue weighted by Crippen LogP contribution is -2.53. The second-order valence-corrected chi connectivity index (χ2v) is 8.92. The van der Waals surface area contributed by atoms with Crippen LogP contribution < -0.4 is 15.8 Å². The van der Waals surface area contributed by atoms with Crippen molar-refractivity contribution in [3.8, 4) is 0 Å². The number of nitrogens with one attached hydrogen (secondary N) is 1. The molecule has 35 heavy (non-hydrogen) atoms. The van der Waals surface area contributed by atoms with E-state index < -0.39 is 0 Å². The highest BCUT2D eigenvalue weighted by molar-refractivity contribution is 5.77. The van der Waals surface area contributed by atoms with Gasteiger partial charge in [0.25, 0.3) is 5.56 Å². The number of benzene rings is 3. The van der Waals surface area contributed by atoms with E-state index in [1.165, 1.54) is 5.56 Å². The van der Waals surface area contributed by atoms with Gasteiger partial charge >= 0.3 is 6.03 Å². The topological polar surface area (TPSA) is 70.5 Å². The van der Waals surface area contributed by atoms with E-state index in [1.807, 2.05) is 59.5 Å². The van der Waals surface area contributed by atoms with Gasteiger partial charge in [0, 0.05) is 32.7 Å². The third-order valence-corrected chi connectivity index (χ3v) is 6.45. The first kappa shape index (κ1) is 22.7. The van der Waals surface area contributed by atoms with Crippen LogP contribution in [0.4, 0.5) is 10.6 Å². The minimum atomic E-state index is -0.105. The molecule has 178 valence electrons. The quantitative estimate of drug-likeness (QED) is 0.485. The third-order valence-electron chi connectivity index (χ3n) is 6.45. The molecule has 1 aliphatic rings. The minimum Gasteiger partial charge on any atom is -0.348 e. The Morgan fingerprint density at radius 1 is 0.857 bits per heavy atom. The number of carbonyl (C=O) groups excluding carboxylic acids is 1. The van der Waals surface area contributed by atoms with Crippen molar-refractivity contribution >= 4 is 22.9 Å². The van der Waals surface area contributed by atoms with Gasteiger partial charge in [-0.3, -0.25) is 9.36 Å². The molecule has 3 aromatic carbocycles. The molecule has 1 aromatic heterocycles. The number of aromatic nitrogens is 2. The van der Waals surface area contributed by atoms with Crippen LogP contribution in [0.5, 0.6) is 0 Å². The van der Waals surface area contributed by atoms with Crippen molar-refractivity contribution in [1.82, 2.24) is 19.8 Å². The second-order valence-electron chi connectivity index (χ2n) is 8.92. The van der Waals surface area contributed by atoms with Crippen LogP contribution >= 0.6 is 0 Å². The molecule has 1 fully saturated rings. The van der Waals surface area contributed by atoms with E-state index >= 15 is 0 Å². The summed E-state index contributed by atoms with van der Waals surface area (Å²) in [6, 6.07) is 25.8. The summed E-state index contributed by atoms with van der Waals surface area (Å²) in [5, 5.41) is 2.99. The van der Waals surface area contributed by atoms with Gasteiger partial charge in [-0.15, -0.1) is 0 Å². The van der Waals surface area contributed by atoms with E-state index in [-0.39, 0.29) is 11.6 Å². The van der Waals surface area contributed by atoms with Gasteiger partial charge in [0.1, 0.15) is 0 Å². The lowest BCUT2D eigenvalue weighted by Gasteiger charge is -2.35. The predicted octanol–water partition coefficient (Wildman–Crippen LogP) is 3.79. The number of nitrogens with zero attached hydrogens (tertiary/aromatic N) is 4. The van der Waals surface area contributed by atoms with Crippen molar-refractivity contribution in [3.05, 3.63) is 106 Å². The average Bonchev–Trinajstić information content (AvgIpc) is 2.90. The maximum Gasteiger partial charge on any atom is 0.317 e. The second kappa shape index (κ2) is 10.0. The number of para-hydroxylation sites is 2. The summed E-state index contributed by atoms with van der Waals surface area (Å²) in [5.41, 5.74) is 4.82. The fourth-order valence-corrected chi connectivity index (χ4v) is 4.42. The molecule has 0 radical (unpaired) electrons. The molecule has 1 saturated heterocycles. The Balaban J connectivity index is 1.33. The fourth-order valence-electron chi connectivity index (χ4n) is 4.42. The van der Waals surface area contributed by atoms with Gasteiger partial charge in [-0.2, -0.15) is 0 Å². The lowest BCUT2D eigenvalue weighted by atomic mass is 10.1. The van der Waals surface area contributed by atoms with E-state index in [0.717, 1.165) is 22.2 Å². The standard InChI is InChI=1S/C28H29N5O2/c1-21-11-13-23(14-12-21)20-33-25-10-6-5-9-24(25)30-26(27(33)34)31-15-17-32(18-16-31)28(35)29-19-22-7-3-2-4-8-22/h2-14H,15-20H2,1H3,(H,29,35). The van der Waals surface area contributed by atoms with E-state index in [4.69, 9.17) is 4.98 Å². The number of aryl methyl sites for hydroxylation is 1. The molecule has 0 saturated carbocycles. The number of piperazine rings is 1. The molecule has 0 atom stereocenters. The number of hydrogen-bond donors (Lipinski definition) is 1. The largest absolute Gasteiger partial charge is 0.348 e. The number of amides is 2. The van der Waals surface area contributed by atoms with E-state index in [0.29, 0.717) is 45.1 Å². The summed E-state index contributed by atoms with van der Waals surface area (Å²) in [6.07, 6.45) is 0. The van der Waals surface area contributed by atoms with Crippen LogP contribution in [0.1, 0.15) is 16.7 Å². The average molecular weight is 468 g/mol. The van der Waals surface area contributed by atoms with Gasteiger partial charge < -0.3 is 15.1 Å². The van der Waals surface area contributed by atoms with Gasteiger partial charge in [-0.25, -0.2) is 9.78 Å². The maximum atomic E-state index is 13.6. The molecule has 0 bridgehead atoms. The molecule has 5 rings (SSSR count). The summed E-state index contributed by atoms with van der Waals surface area (Å²) in [5.74, 6) is 0.445. The van der Waals surface area contributed by atoms with Gasteiger partial charge in [-0.05, 0) is 30.2 Å². The normalized spacial score (nSPS) is 13.7. The molecule has 2 amide bonds. The van der Waals surface area contributed by atoms with Crippen molar-refractivity contribution in [1.29, 1.82) is 0 Å². The fraction of sp³-hybridized carbons (Fsp3) is 0.250. The van der Waals surface area contributed by atoms with Crippen LogP contribution in [0.2, 0.25) is 0 Å². The number of hydrogen-bond acceptors (Lipinski definition) is 4.